The summed E-state index contributed by atoms with van der Waals surface area (Å²) in [6.45, 7) is 3.96. The summed E-state index contributed by atoms with van der Waals surface area (Å²) in [7, 11) is -1.73. The Kier molecular flexibility index (Phi) is 7.52. The van der Waals surface area contributed by atoms with Gasteiger partial charge in [-0.25, -0.2) is 9.36 Å². The molecule has 0 radical (unpaired) electrons. The van der Waals surface area contributed by atoms with E-state index in [0.29, 0.717) is 12.0 Å². The van der Waals surface area contributed by atoms with E-state index in [2.05, 4.69) is 9.51 Å². The molecule has 1 saturated heterocycles. The zero-order valence-corrected chi connectivity index (χ0v) is 16.6. The number of methoxy groups -OCH3 is 1. The number of rotatable bonds is 9. The fourth-order valence-corrected chi connectivity index (χ4v) is 3.44. The summed E-state index contributed by atoms with van der Waals surface area (Å²) in [5.74, 6) is 0.116. The second kappa shape index (κ2) is 9.24. The van der Waals surface area contributed by atoms with E-state index in [4.69, 9.17) is 24.5 Å². The number of nitrogen functional groups attached to an aromatic ring is 1. The Labute approximate surface area is 157 Å². The molecule has 154 valence electrons. The van der Waals surface area contributed by atoms with Crippen molar-refractivity contribution in [2.45, 2.75) is 44.8 Å². The number of phosphoric acid groups is 1. The molecule has 0 bridgehead atoms. The van der Waals surface area contributed by atoms with Crippen LogP contribution in [0, 0.1) is 6.92 Å². The molecule has 2 rings (SSSR count). The molecule has 12 heteroatoms. The van der Waals surface area contributed by atoms with Gasteiger partial charge in [0.25, 0.3) is 0 Å². The fourth-order valence-electron chi connectivity index (χ4n) is 2.79. The maximum atomic E-state index is 12.3. The summed E-state index contributed by atoms with van der Waals surface area (Å²) in [6, 6.07) is 0. The van der Waals surface area contributed by atoms with E-state index in [1.807, 2.05) is 6.92 Å². The molecule has 0 aromatic carbocycles. The molecule has 11 nitrogen and oxygen atoms in total. The van der Waals surface area contributed by atoms with Crippen LogP contribution in [0.3, 0.4) is 0 Å². The average molecular weight is 407 g/mol. The van der Waals surface area contributed by atoms with Gasteiger partial charge in [0.1, 0.15) is 18.0 Å². The lowest BCUT2D eigenvalue weighted by Crippen LogP contribution is -2.39. The predicted octanol–water partition coefficient (Wildman–Crippen LogP) is 0.605. The zero-order chi connectivity index (χ0) is 20.2. The highest BCUT2D eigenvalue weighted by Gasteiger charge is 2.49. The van der Waals surface area contributed by atoms with E-state index in [9.17, 15) is 14.3 Å². The Hall–Kier alpha value is -1.33. The minimum Gasteiger partial charge on any atom is -0.383 e. The molecule has 2 heterocycles. The maximum absolute atomic E-state index is 12.3. The number of phosphoric ester groups is 1. The number of nitrogens with two attached hydrogens (primary N) is 1. The van der Waals surface area contributed by atoms with Crippen LogP contribution >= 0.6 is 7.82 Å². The van der Waals surface area contributed by atoms with Crippen LogP contribution in [0.25, 0.3) is 0 Å². The van der Waals surface area contributed by atoms with E-state index in [-0.39, 0.29) is 19.0 Å². The molecule has 1 aliphatic heterocycles. The highest BCUT2D eigenvalue weighted by molar-refractivity contribution is 7.47. The van der Waals surface area contributed by atoms with Gasteiger partial charge in [0.15, 0.2) is 6.23 Å². The second-order valence-electron chi connectivity index (χ2n) is 6.02. The maximum Gasteiger partial charge on any atom is 0.472 e. The summed E-state index contributed by atoms with van der Waals surface area (Å²) in [4.78, 5) is 25.9. The van der Waals surface area contributed by atoms with Gasteiger partial charge in [0.05, 0.1) is 19.3 Å². The summed E-state index contributed by atoms with van der Waals surface area (Å²) in [5, 5.41) is 0. The number of nitrogens with zero attached hydrogens (tertiary/aromatic N) is 2. The zero-order valence-electron chi connectivity index (χ0n) is 15.7. The van der Waals surface area contributed by atoms with E-state index in [1.165, 1.54) is 17.9 Å². The molecular formula is C15H26N3O8P. The van der Waals surface area contributed by atoms with Crippen molar-refractivity contribution in [3.63, 3.8) is 0 Å². The third-order valence-electron chi connectivity index (χ3n) is 4.22. The molecule has 1 aliphatic rings. The van der Waals surface area contributed by atoms with Crippen LogP contribution in [-0.4, -0.2) is 60.2 Å². The minimum absolute atomic E-state index is 0.116. The highest BCUT2D eigenvalue weighted by atomic mass is 31.2. The number of aromatic nitrogens is 2. The third-order valence-corrected chi connectivity index (χ3v) is 5.19. The van der Waals surface area contributed by atoms with Crippen molar-refractivity contribution in [2.75, 3.05) is 33.2 Å². The molecule has 2 unspecified atom stereocenters. The van der Waals surface area contributed by atoms with Crippen LogP contribution in [0.5, 0.6) is 0 Å². The van der Waals surface area contributed by atoms with Gasteiger partial charge in [-0.15, -0.1) is 0 Å². The fraction of sp³-hybridized carbons (Fsp3) is 0.733. The molecular weight excluding hydrogens is 381 g/mol. The van der Waals surface area contributed by atoms with Crippen molar-refractivity contribution < 1.29 is 32.7 Å². The monoisotopic (exact) mass is 407 g/mol. The standard InChI is InChI=1S/C15H26N3O8P/c1-5-10-11(26-27(20,21)23-4)12(24-7-6-22-3)14(25-10)18-8-9(2)13(16)17-15(18)19/h8,10-12,14H,5-7H2,1-4H3,(H,20,21)(H2,16,17,19)/t10-,11+,12?,14+/m1/s1. The molecule has 0 aliphatic carbocycles. The van der Waals surface area contributed by atoms with Crippen LogP contribution < -0.4 is 11.4 Å². The molecule has 0 amide bonds. The van der Waals surface area contributed by atoms with Crippen molar-refractivity contribution in [1.82, 2.24) is 9.55 Å². The molecule has 1 aromatic rings. The molecule has 1 fully saturated rings. The normalized spacial score (nSPS) is 27.6. The summed E-state index contributed by atoms with van der Waals surface area (Å²) < 4.78 is 39.7. The highest BCUT2D eigenvalue weighted by Crippen LogP contribution is 2.48. The van der Waals surface area contributed by atoms with E-state index in [1.54, 1.807) is 6.92 Å². The molecule has 3 N–H and O–H groups in total. The Morgan fingerprint density at radius 2 is 2.07 bits per heavy atom. The van der Waals surface area contributed by atoms with Crippen molar-refractivity contribution in [3.05, 3.63) is 22.2 Å². The van der Waals surface area contributed by atoms with Gasteiger partial charge in [-0.3, -0.25) is 13.6 Å². The van der Waals surface area contributed by atoms with Gasteiger partial charge in [0, 0.05) is 26.0 Å². The molecule has 0 spiro atoms. The smallest absolute Gasteiger partial charge is 0.383 e. The van der Waals surface area contributed by atoms with Crippen LogP contribution in [-0.2, 0) is 27.8 Å². The lowest BCUT2D eigenvalue weighted by molar-refractivity contribution is -0.0793. The van der Waals surface area contributed by atoms with Gasteiger partial charge < -0.3 is 24.8 Å². The van der Waals surface area contributed by atoms with Gasteiger partial charge >= 0.3 is 13.5 Å². The number of hydrogen-bond donors (Lipinski definition) is 2. The van der Waals surface area contributed by atoms with Gasteiger partial charge in [0.2, 0.25) is 0 Å². The number of hydrogen-bond acceptors (Lipinski definition) is 9. The SMILES string of the molecule is CC[C@H]1O[C@H](n2cc(C)c(N)nc2=O)C(OCCOC)[C@H]1OP(=O)(O)OC. The van der Waals surface area contributed by atoms with Crippen molar-refractivity contribution in [1.29, 1.82) is 0 Å². The van der Waals surface area contributed by atoms with Gasteiger partial charge in [-0.2, -0.15) is 4.98 Å². The average Bonchev–Trinajstić information content (AvgIpc) is 2.95. The Morgan fingerprint density at radius 3 is 2.67 bits per heavy atom. The van der Waals surface area contributed by atoms with E-state index in [0.717, 1.165) is 7.11 Å². The van der Waals surface area contributed by atoms with Crippen LogP contribution in [0.2, 0.25) is 0 Å². The molecule has 5 atom stereocenters. The Morgan fingerprint density at radius 1 is 1.37 bits per heavy atom. The van der Waals surface area contributed by atoms with Crippen molar-refractivity contribution in [2.24, 2.45) is 0 Å². The lowest BCUT2D eigenvalue weighted by atomic mass is 10.1. The predicted molar refractivity (Wildman–Crippen MR) is 95.2 cm³/mol. The summed E-state index contributed by atoms with van der Waals surface area (Å²) in [6.07, 6.45) is -1.39. The van der Waals surface area contributed by atoms with E-state index < -0.39 is 38.1 Å². The Bertz CT molecular complexity index is 742. The van der Waals surface area contributed by atoms with Crippen LogP contribution in [0.15, 0.2) is 11.0 Å². The Balaban J connectivity index is 2.41. The minimum atomic E-state index is -4.31. The first-order valence-corrected chi connectivity index (χ1v) is 9.91. The van der Waals surface area contributed by atoms with Gasteiger partial charge in [-0.1, -0.05) is 6.92 Å². The summed E-state index contributed by atoms with van der Waals surface area (Å²) in [5.41, 5.74) is 5.63. The van der Waals surface area contributed by atoms with Crippen LogP contribution in [0.1, 0.15) is 25.1 Å². The van der Waals surface area contributed by atoms with Crippen molar-refractivity contribution in [3.8, 4) is 0 Å². The molecule has 1 aromatic heterocycles. The second-order valence-corrected chi connectivity index (χ2v) is 7.53. The van der Waals surface area contributed by atoms with Crippen LogP contribution in [0.4, 0.5) is 5.82 Å². The third kappa shape index (κ3) is 5.14. The first-order chi connectivity index (χ1) is 12.7. The largest absolute Gasteiger partial charge is 0.472 e. The van der Waals surface area contributed by atoms with E-state index >= 15 is 0 Å². The lowest BCUT2D eigenvalue weighted by Gasteiger charge is -2.26. The van der Waals surface area contributed by atoms with Crippen molar-refractivity contribution >= 4 is 13.6 Å². The topological polar surface area (TPSA) is 144 Å². The number of ether oxygens (including phenoxy) is 3. The quantitative estimate of drug-likeness (QED) is 0.441. The molecule has 27 heavy (non-hydrogen) atoms. The number of aryl methyl sites for hydroxylation is 1. The number of anilines is 1. The first kappa shape index (κ1) is 22.0. The molecule has 0 saturated carbocycles. The summed E-state index contributed by atoms with van der Waals surface area (Å²) >= 11 is 0. The first-order valence-electron chi connectivity index (χ1n) is 8.42. The van der Waals surface area contributed by atoms with Gasteiger partial charge in [-0.05, 0) is 13.3 Å².